The van der Waals surface area contributed by atoms with Crippen molar-refractivity contribution in [2.75, 3.05) is 6.16 Å². The largest absolute Gasteiger partial charge is 0.335 e. The quantitative estimate of drug-likeness (QED) is 0.526. The Labute approximate surface area is 122 Å². The molecule has 0 bridgehead atoms. The van der Waals surface area contributed by atoms with E-state index in [2.05, 4.69) is 30.6 Å². The molecule has 0 fully saturated rings. The molecule has 0 radical (unpaired) electrons. The molecule has 1 aromatic carbocycles. The van der Waals surface area contributed by atoms with Gasteiger partial charge in [-0.15, -0.1) is 5.10 Å². The molecule has 9 nitrogen and oxygen atoms in total. The van der Waals surface area contributed by atoms with Crippen molar-refractivity contribution in [3.05, 3.63) is 22.7 Å². The lowest BCUT2D eigenvalue weighted by Gasteiger charge is -2.05. The van der Waals surface area contributed by atoms with Crippen molar-refractivity contribution < 1.29 is 14.4 Å². The standard InChI is InChI=1S/C10H10ClN6O3P/c11-6-3-5(1-2-21(18,19)20)8-7(4-6)12-9(13-8)10-14-16-17-15-10/h3-4H,1-2H2,(H,12,13)(H2,18,19,20)(H,14,15,16,17). The Morgan fingerprint density at radius 2 is 2.10 bits per heavy atom. The number of nitrogens with one attached hydrogen (secondary N) is 2. The fraction of sp³-hybridized carbons (Fsp3) is 0.200. The minimum absolute atomic E-state index is 0.167. The Balaban J connectivity index is 2.05. The molecular weight excluding hydrogens is 319 g/mol. The van der Waals surface area contributed by atoms with E-state index in [1.807, 2.05) is 0 Å². The fourth-order valence-corrected chi connectivity index (χ4v) is 2.75. The van der Waals surface area contributed by atoms with Gasteiger partial charge >= 0.3 is 7.60 Å². The minimum atomic E-state index is -4.09. The highest BCUT2D eigenvalue weighted by Gasteiger charge is 2.17. The predicted molar refractivity (Wildman–Crippen MR) is 74.9 cm³/mol. The molecule has 3 rings (SSSR count). The molecule has 3 aromatic rings. The van der Waals surface area contributed by atoms with Crippen LogP contribution in [0.5, 0.6) is 0 Å². The van der Waals surface area contributed by atoms with Crippen molar-refractivity contribution in [1.82, 2.24) is 30.6 Å². The van der Waals surface area contributed by atoms with Crippen LogP contribution in [0, 0.1) is 0 Å². The van der Waals surface area contributed by atoms with Gasteiger partial charge in [-0.05, 0) is 34.5 Å². The first-order valence-electron chi connectivity index (χ1n) is 5.89. The van der Waals surface area contributed by atoms with Crippen LogP contribution < -0.4 is 0 Å². The van der Waals surface area contributed by atoms with E-state index in [-0.39, 0.29) is 12.6 Å². The van der Waals surface area contributed by atoms with Crippen molar-refractivity contribution in [1.29, 1.82) is 0 Å². The van der Waals surface area contributed by atoms with Gasteiger partial charge < -0.3 is 14.8 Å². The molecule has 0 aliphatic carbocycles. The van der Waals surface area contributed by atoms with Crippen molar-refractivity contribution in [2.24, 2.45) is 0 Å². The molecule has 0 saturated heterocycles. The smallest absolute Gasteiger partial charge is 0.325 e. The molecule has 2 aromatic heterocycles. The highest BCUT2D eigenvalue weighted by molar-refractivity contribution is 7.51. The summed E-state index contributed by atoms with van der Waals surface area (Å²) in [5.74, 6) is 0.790. The third kappa shape index (κ3) is 3.11. The number of imidazole rings is 1. The number of benzene rings is 1. The molecule has 11 heteroatoms. The maximum absolute atomic E-state index is 11.0. The molecule has 21 heavy (non-hydrogen) atoms. The molecule has 0 unspecified atom stereocenters. The number of nitrogens with zero attached hydrogens (tertiary/aromatic N) is 4. The lowest BCUT2D eigenvalue weighted by Crippen LogP contribution is -1.95. The van der Waals surface area contributed by atoms with Gasteiger partial charge in [0, 0.05) is 5.02 Å². The van der Waals surface area contributed by atoms with Crippen LogP contribution in [-0.4, -0.2) is 46.5 Å². The van der Waals surface area contributed by atoms with Crippen LogP contribution in [0.25, 0.3) is 22.7 Å². The normalized spacial score (nSPS) is 12.1. The zero-order chi connectivity index (χ0) is 15.0. The molecule has 0 aliphatic rings. The Bertz CT molecular complexity index is 827. The SMILES string of the molecule is O=P(O)(O)CCc1cc(Cl)cc2[nH]c(-c3nnn[nH]3)nc12. The van der Waals surface area contributed by atoms with Crippen LogP contribution in [0.15, 0.2) is 12.1 Å². The molecule has 2 heterocycles. The summed E-state index contributed by atoms with van der Waals surface area (Å²) in [5, 5.41) is 13.7. The second kappa shape index (κ2) is 5.19. The molecule has 0 spiro atoms. The number of fused-ring (bicyclic) bond motifs is 1. The van der Waals surface area contributed by atoms with E-state index < -0.39 is 7.60 Å². The zero-order valence-corrected chi connectivity index (χ0v) is 12.1. The summed E-state index contributed by atoms with van der Waals surface area (Å²) >= 11 is 6.02. The number of rotatable bonds is 4. The average Bonchev–Trinajstić information content (AvgIpc) is 3.02. The van der Waals surface area contributed by atoms with E-state index in [1.165, 1.54) is 0 Å². The van der Waals surface area contributed by atoms with Crippen LogP contribution in [0.2, 0.25) is 5.02 Å². The number of tetrazole rings is 1. The second-order valence-corrected chi connectivity index (χ2v) is 6.65. The van der Waals surface area contributed by atoms with Gasteiger partial charge in [0.1, 0.15) is 0 Å². The number of halogens is 1. The molecule has 110 valence electrons. The molecule has 0 saturated carbocycles. The topological polar surface area (TPSA) is 141 Å². The van der Waals surface area contributed by atoms with E-state index in [1.54, 1.807) is 12.1 Å². The van der Waals surface area contributed by atoms with E-state index >= 15 is 0 Å². The maximum atomic E-state index is 11.0. The van der Waals surface area contributed by atoms with Crippen molar-refractivity contribution >= 4 is 30.2 Å². The van der Waals surface area contributed by atoms with Gasteiger partial charge in [0.05, 0.1) is 17.2 Å². The van der Waals surface area contributed by atoms with Gasteiger partial charge in [0.2, 0.25) is 5.82 Å². The minimum Gasteiger partial charge on any atom is -0.335 e. The summed E-state index contributed by atoms with van der Waals surface area (Å²) in [7, 11) is -4.09. The van der Waals surface area contributed by atoms with Gasteiger partial charge in [-0.2, -0.15) is 0 Å². The van der Waals surface area contributed by atoms with E-state index in [4.69, 9.17) is 21.4 Å². The predicted octanol–water partition coefficient (Wildman–Crippen LogP) is 1.12. The number of aryl methyl sites for hydroxylation is 1. The van der Waals surface area contributed by atoms with E-state index in [0.717, 1.165) is 0 Å². The van der Waals surface area contributed by atoms with Crippen LogP contribution >= 0.6 is 19.2 Å². The maximum Gasteiger partial charge on any atom is 0.325 e. The van der Waals surface area contributed by atoms with Gasteiger partial charge in [-0.25, -0.2) is 10.1 Å². The Kier molecular flexibility index (Phi) is 3.50. The molecule has 4 N–H and O–H groups in total. The highest BCUT2D eigenvalue weighted by Crippen LogP contribution is 2.36. The molecule has 0 atom stereocenters. The number of aromatic amines is 2. The van der Waals surface area contributed by atoms with Crippen LogP contribution in [0.3, 0.4) is 0 Å². The lowest BCUT2D eigenvalue weighted by atomic mass is 10.1. The third-order valence-corrected chi connectivity index (χ3v) is 3.90. The zero-order valence-electron chi connectivity index (χ0n) is 10.5. The lowest BCUT2D eigenvalue weighted by molar-refractivity contribution is 0.373. The van der Waals surface area contributed by atoms with Gasteiger partial charge in [-0.1, -0.05) is 11.6 Å². The summed E-state index contributed by atoms with van der Waals surface area (Å²) < 4.78 is 11.0. The Hall–Kier alpha value is -1.80. The summed E-state index contributed by atoms with van der Waals surface area (Å²) in [6.45, 7) is 0. The number of aromatic nitrogens is 6. The summed E-state index contributed by atoms with van der Waals surface area (Å²) in [6.07, 6.45) is -0.102. The first-order valence-corrected chi connectivity index (χ1v) is 8.07. The average molecular weight is 329 g/mol. The summed E-state index contributed by atoms with van der Waals surface area (Å²) in [4.78, 5) is 25.4. The van der Waals surface area contributed by atoms with Crippen molar-refractivity contribution in [2.45, 2.75) is 6.42 Å². The van der Waals surface area contributed by atoms with E-state index in [9.17, 15) is 4.57 Å². The molecule has 0 amide bonds. The van der Waals surface area contributed by atoms with Gasteiger partial charge in [0.25, 0.3) is 0 Å². The molecular formula is C10H10ClN6O3P. The second-order valence-electron chi connectivity index (χ2n) is 4.43. The Morgan fingerprint density at radius 3 is 2.76 bits per heavy atom. The van der Waals surface area contributed by atoms with Gasteiger partial charge in [0.15, 0.2) is 5.82 Å². The molecule has 0 aliphatic heterocycles. The first-order chi connectivity index (χ1) is 9.92. The highest BCUT2D eigenvalue weighted by atomic mass is 35.5. The Morgan fingerprint density at radius 1 is 1.29 bits per heavy atom. The van der Waals surface area contributed by atoms with Crippen molar-refractivity contribution in [3.8, 4) is 11.6 Å². The number of hydrogen-bond acceptors (Lipinski definition) is 5. The van der Waals surface area contributed by atoms with Crippen LogP contribution in [-0.2, 0) is 11.0 Å². The monoisotopic (exact) mass is 328 g/mol. The van der Waals surface area contributed by atoms with Crippen LogP contribution in [0.4, 0.5) is 0 Å². The third-order valence-electron chi connectivity index (χ3n) is 2.87. The first kappa shape index (κ1) is 14.2. The summed E-state index contributed by atoms with van der Waals surface area (Å²) in [5.41, 5.74) is 1.88. The van der Waals surface area contributed by atoms with Crippen LogP contribution in [0.1, 0.15) is 5.56 Å². The fourth-order valence-electron chi connectivity index (χ4n) is 1.98. The van der Waals surface area contributed by atoms with Gasteiger partial charge in [-0.3, -0.25) is 4.57 Å². The van der Waals surface area contributed by atoms with E-state index in [0.29, 0.717) is 33.3 Å². The number of H-pyrrole nitrogens is 2. The summed E-state index contributed by atoms with van der Waals surface area (Å²) in [6, 6.07) is 3.32. The van der Waals surface area contributed by atoms with Crippen molar-refractivity contribution in [3.63, 3.8) is 0 Å². The number of hydrogen-bond donors (Lipinski definition) is 4.